The number of piperidine rings is 2. The van der Waals surface area contributed by atoms with Crippen LogP contribution in [0.3, 0.4) is 0 Å². The van der Waals surface area contributed by atoms with Crippen LogP contribution in [0.4, 0.5) is 0 Å². The quantitative estimate of drug-likeness (QED) is 0.759. The molecule has 3 unspecified atom stereocenters. The van der Waals surface area contributed by atoms with E-state index in [4.69, 9.17) is 4.74 Å². The van der Waals surface area contributed by atoms with Gasteiger partial charge in [0.1, 0.15) is 6.04 Å². The van der Waals surface area contributed by atoms with Crippen LogP contribution in [0.2, 0.25) is 0 Å². The lowest BCUT2D eigenvalue weighted by atomic mass is 9.82. The van der Waals surface area contributed by atoms with Gasteiger partial charge in [-0.3, -0.25) is 4.79 Å². The van der Waals surface area contributed by atoms with Crippen molar-refractivity contribution in [3.63, 3.8) is 0 Å². The molecular formula is C16H30N2O2. The highest BCUT2D eigenvalue weighted by Crippen LogP contribution is 2.32. The number of rotatable bonds is 6. The first-order chi connectivity index (χ1) is 9.65. The zero-order valence-electron chi connectivity index (χ0n) is 13.2. The first-order valence-electron chi connectivity index (χ1n) is 8.30. The summed E-state index contributed by atoms with van der Waals surface area (Å²) < 4.78 is 5.20. The van der Waals surface area contributed by atoms with Gasteiger partial charge in [0.2, 0.25) is 0 Å². The highest BCUT2D eigenvalue weighted by atomic mass is 16.5. The highest BCUT2D eigenvalue weighted by molar-refractivity contribution is 5.75. The molecule has 2 aliphatic rings. The van der Waals surface area contributed by atoms with Crippen LogP contribution >= 0.6 is 0 Å². The highest BCUT2D eigenvalue weighted by Gasteiger charge is 2.37. The summed E-state index contributed by atoms with van der Waals surface area (Å²) in [6.45, 7) is 4.47. The van der Waals surface area contributed by atoms with Gasteiger partial charge in [0, 0.05) is 18.1 Å². The lowest BCUT2D eigenvalue weighted by molar-refractivity contribution is -0.146. The molecular weight excluding hydrogens is 252 g/mol. The van der Waals surface area contributed by atoms with E-state index in [9.17, 15) is 4.79 Å². The lowest BCUT2D eigenvalue weighted by Crippen LogP contribution is -2.57. The molecule has 2 heterocycles. The number of ether oxygens (including phenoxy) is 1. The van der Waals surface area contributed by atoms with Crippen molar-refractivity contribution in [2.24, 2.45) is 0 Å². The molecule has 0 radical (unpaired) electrons. The Balaban J connectivity index is 1.92. The molecule has 3 atom stereocenters. The average molecular weight is 282 g/mol. The molecule has 0 aromatic rings. The minimum absolute atomic E-state index is 0.0709. The smallest absolute Gasteiger partial charge is 0.323 e. The van der Waals surface area contributed by atoms with E-state index >= 15 is 0 Å². The molecule has 2 rings (SSSR count). The van der Waals surface area contributed by atoms with Crippen LogP contribution in [0.5, 0.6) is 0 Å². The maximum Gasteiger partial charge on any atom is 0.323 e. The van der Waals surface area contributed by atoms with Crippen molar-refractivity contribution in [2.75, 3.05) is 13.7 Å². The molecule has 1 N–H and O–H groups in total. The topological polar surface area (TPSA) is 41.6 Å². The summed E-state index contributed by atoms with van der Waals surface area (Å²) in [4.78, 5) is 14.6. The van der Waals surface area contributed by atoms with Crippen molar-refractivity contribution >= 4 is 5.97 Å². The van der Waals surface area contributed by atoms with Crippen molar-refractivity contribution in [2.45, 2.75) is 83.0 Å². The van der Waals surface area contributed by atoms with Crippen molar-refractivity contribution in [3.05, 3.63) is 0 Å². The summed E-state index contributed by atoms with van der Waals surface area (Å²) in [5, 5.41) is 3.59. The van der Waals surface area contributed by atoms with Crippen molar-refractivity contribution < 1.29 is 9.53 Å². The van der Waals surface area contributed by atoms with Gasteiger partial charge in [0.05, 0.1) is 6.61 Å². The van der Waals surface area contributed by atoms with Gasteiger partial charge in [-0.1, -0.05) is 19.8 Å². The Morgan fingerprint density at radius 3 is 2.50 bits per heavy atom. The fourth-order valence-electron chi connectivity index (χ4n) is 3.84. The standard InChI is InChI=1S/C16H30N2O2/c1-4-7-15(16(19)20-5-2)17-12-10-13-8-6-9-14(11-12)18(13)3/h12-15,17H,4-11H2,1-3H3. The van der Waals surface area contributed by atoms with E-state index in [1.165, 1.54) is 32.1 Å². The Bertz CT molecular complexity index is 308. The van der Waals surface area contributed by atoms with E-state index in [-0.39, 0.29) is 12.0 Å². The van der Waals surface area contributed by atoms with Crippen LogP contribution in [0.1, 0.15) is 58.8 Å². The minimum atomic E-state index is -0.117. The molecule has 2 fully saturated rings. The van der Waals surface area contributed by atoms with E-state index < -0.39 is 0 Å². The summed E-state index contributed by atoms with van der Waals surface area (Å²) >= 11 is 0. The number of hydrogen-bond donors (Lipinski definition) is 1. The summed E-state index contributed by atoms with van der Waals surface area (Å²) in [5.74, 6) is -0.0709. The molecule has 2 saturated heterocycles. The molecule has 0 spiro atoms. The van der Waals surface area contributed by atoms with Crippen LogP contribution < -0.4 is 5.32 Å². The van der Waals surface area contributed by atoms with Gasteiger partial charge >= 0.3 is 5.97 Å². The molecule has 2 bridgehead atoms. The van der Waals surface area contributed by atoms with Gasteiger partial charge in [-0.05, 0) is 46.1 Å². The predicted molar refractivity (Wildman–Crippen MR) is 80.7 cm³/mol. The lowest BCUT2D eigenvalue weighted by Gasteiger charge is -2.47. The van der Waals surface area contributed by atoms with Gasteiger partial charge < -0.3 is 15.0 Å². The predicted octanol–water partition coefficient (Wildman–Crippen LogP) is 2.32. The molecule has 0 aliphatic carbocycles. The van der Waals surface area contributed by atoms with Gasteiger partial charge in [0.15, 0.2) is 0 Å². The first kappa shape index (κ1) is 15.8. The summed E-state index contributed by atoms with van der Waals surface area (Å²) in [6, 6.07) is 1.76. The van der Waals surface area contributed by atoms with E-state index in [0.717, 1.165) is 12.8 Å². The summed E-state index contributed by atoms with van der Waals surface area (Å²) in [6.07, 6.45) is 8.21. The van der Waals surface area contributed by atoms with Crippen molar-refractivity contribution in [1.82, 2.24) is 10.2 Å². The number of nitrogens with zero attached hydrogens (tertiary/aromatic N) is 1. The zero-order valence-corrected chi connectivity index (χ0v) is 13.2. The Morgan fingerprint density at radius 1 is 1.30 bits per heavy atom. The van der Waals surface area contributed by atoms with E-state index in [1.807, 2.05) is 6.92 Å². The third kappa shape index (κ3) is 3.73. The molecule has 0 aromatic heterocycles. The van der Waals surface area contributed by atoms with Gasteiger partial charge in [0.25, 0.3) is 0 Å². The van der Waals surface area contributed by atoms with Crippen LogP contribution in [-0.2, 0) is 9.53 Å². The van der Waals surface area contributed by atoms with Gasteiger partial charge in [-0.25, -0.2) is 0 Å². The molecule has 4 heteroatoms. The fraction of sp³-hybridized carbons (Fsp3) is 0.938. The number of hydrogen-bond acceptors (Lipinski definition) is 4. The number of carbonyl (C=O) groups excluding carboxylic acids is 1. The minimum Gasteiger partial charge on any atom is -0.465 e. The summed E-state index contributed by atoms with van der Waals surface area (Å²) in [5.41, 5.74) is 0. The third-order valence-corrected chi connectivity index (χ3v) is 4.93. The number of carbonyl (C=O) groups is 1. The Kier molecular flexibility index (Phi) is 5.85. The summed E-state index contributed by atoms with van der Waals surface area (Å²) in [7, 11) is 2.26. The number of fused-ring (bicyclic) bond motifs is 2. The fourth-order valence-corrected chi connectivity index (χ4v) is 3.84. The molecule has 4 nitrogen and oxygen atoms in total. The normalized spacial score (nSPS) is 31.9. The van der Waals surface area contributed by atoms with Crippen LogP contribution in [0.15, 0.2) is 0 Å². The second-order valence-electron chi connectivity index (χ2n) is 6.33. The van der Waals surface area contributed by atoms with E-state index in [1.54, 1.807) is 0 Å². The maximum atomic E-state index is 12.0. The zero-order chi connectivity index (χ0) is 14.5. The largest absolute Gasteiger partial charge is 0.465 e. The van der Waals surface area contributed by atoms with Crippen LogP contribution in [0.25, 0.3) is 0 Å². The second kappa shape index (κ2) is 7.41. The Morgan fingerprint density at radius 2 is 1.95 bits per heavy atom. The molecule has 0 saturated carbocycles. The van der Waals surface area contributed by atoms with Crippen molar-refractivity contribution in [1.29, 1.82) is 0 Å². The number of nitrogens with one attached hydrogen (secondary N) is 1. The molecule has 116 valence electrons. The van der Waals surface area contributed by atoms with E-state index in [2.05, 4.69) is 24.2 Å². The van der Waals surface area contributed by atoms with Crippen LogP contribution in [-0.4, -0.2) is 48.7 Å². The average Bonchev–Trinajstić information content (AvgIpc) is 2.39. The second-order valence-corrected chi connectivity index (χ2v) is 6.33. The molecule has 0 aromatic carbocycles. The first-order valence-corrected chi connectivity index (χ1v) is 8.30. The SMILES string of the molecule is CCCC(NC1CC2CCCC(C1)N2C)C(=O)OCC. The van der Waals surface area contributed by atoms with Gasteiger partial charge in [-0.15, -0.1) is 0 Å². The van der Waals surface area contributed by atoms with Gasteiger partial charge in [-0.2, -0.15) is 0 Å². The number of esters is 1. The third-order valence-electron chi connectivity index (χ3n) is 4.93. The molecule has 20 heavy (non-hydrogen) atoms. The van der Waals surface area contributed by atoms with E-state index in [0.29, 0.717) is 24.7 Å². The maximum absolute atomic E-state index is 12.0. The Labute approximate surface area is 123 Å². The Hall–Kier alpha value is -0.610. The molecule has 0 amide bonds. The van der Waals surface area contributed by atoms with Crippen LogP contribution in [0, 0.1) is 0 Å². The molecule has 2 aliphatic heterocycles. The van der Waals surface area contributed by atoms with Crippen molar-refractivity contribution in [3.8, 4) is 0 Å². The monoisotopic (exact) mass is 282 g/mol.